The smallest absolute Gasteiger partial charge is 0.257 e. The van der Waals surface area contributed by atoms with Gasteiger partial charge in [-0.05, 0) is 48.5 Å². The van der Waals surface area contributed by atoms with Gasteiger partial charge in [0, 0.05) is 5.56 Å². The van der Waals surface area contributed by atoms with Gasteiger partial charge in [0.25, 0.3) is 5.91 Å². The van der Waals surface area contributed by atoms with Gasteiger partial charge < -0.3 is 10.5 Å². The van der Waals surface area contributed by atoms with E-state index in [2.05, 4.69) is 10.3 Å². The van der Waals surface area contributed by atoms with Crippen LogP contribution in [0.1, 0.15) is 10.4 Å². The second-order valence-electron chi connectivity index (χ2n) is 4.16. The first-order chi connectivity index (χ1) is 10.1. The molecule has 108 valence electrons. The topological polar surface area (TPSA) is 76.7 Å². The molecule has 0 aliphatic carbocycles. The number of guanidine groups is 1. The summed E-state index contributed by atoms with van der Waals surface area (Å²) in [5.41, 5.74) is 6.53. The van der Waals surface area contributed by atoms with Crippen LogP contribution in [-0.4, -0.2) is 19.0 Å². The lowest BCUT2D eigenvalue weighted by molar-refractivity contribution is 0.0976. The van der Waals surface area contributed by atoms with Gasteiger partial charge in [0.15, 0.2) is 0 Å². The number of methoxy groups -OCH3 is 1. The number of nitrogens with one attached hydrogen (secondary N) is 1. The van der Waals surface area contributed by atoms with Crippen LogP contribution in [0.3, 0.4) is 0 Å². The summed E-state index contributed by atoms with van der Waals surface area (Å²) >= 11 is 0. The number of benzene rings is 2. The highest BCUT2D eigenvalue weighted by molar-refractivity contribution is 6.05. The summed E-state index contributed by atoms with van der Waals surface area (Å²) in [6.07, 6.45) is 0. The molecule has 21 heavy (non-hydrogen) atoms. The van der Waals surface area contributed by atoms with E-state index in [1.165, 1.54) is 24.3 Å². The van der Waals surface area contributed by atoms with Gasteiger partial charge in [0.2, 0.25) is 5.96 Å². The number of rotatable bonds is 3. The summed E-state index contributed by atoms with van der Waals surface area (Å²) in [6.45, 7) is 0. The lowest BCUT2D eigenvalue weighted by atomic mass is 10.2. The second-order valence-corrected chi connectivity index (χ2v) is 4.16. The summed E-state index contributed by atoms with van der Waals surface area (Å²) in [7, 11) is 1.57. The lowest BCUT2D eigenvalue weighted by Gasteiger charge is -2.05. The van der Waals surface area contributed by atoms with Crippen molar-refractivity contribution in [3.05, 3.63) is 59.9 Å². The molecule has 3 N–H and O–H groups in total. The first kappa shape index (κ1) is 14.5. The van der Waals surface area contributed by atoms with Crippen molar-refractivity contribution in [2.45, 2.75) is 0 Å². The average Bonchev–Trinajstić information content (AvgIpc) is 2.48. The number of amides is 1. The quantitative estimate of drug-likeness (QED) is 0.671. The van der Waals surface area contributed by atoms with Crippen molar-refractivity contribution >= 4 is 17.6 Å². The molecule has 5 nitrogen and oxygen atoms in total. The summed E-state index contributed by atoms with van der Waals surface area (Å²) in [6, 6.07) is 12.0. The van der Waals surface area contributed by atoms with Crippen LogP contribution in [0.4, 0.5) is 10.1 Å². The maximum Gasteiger partial charge on any atom is 0.257 e. The molecule has 0 saturated heterocycles. The van der Waals surface area contributed by atoms with Gasteiger partial charge in [-0.15, -0.1) is 0 Å². The highest BCUT2D eigenvalue weighted by atomic mass is 19.1. The Bertz CT molecular complexity index is 652. The number of nitrogens with two attached hydrogens (primary N) is 1. The molecule has 0 radical (unpaired) electrons. The van der Waals surface area contributed by atoms with Crippen LogP contribution in [0.5, 0.6) is 5.75 Å². The first-order valence-electron chi connectivity index (χ1n) is 6.13. The number of ether oxygens (including phenoxy) is 1. The molecule has 0 unspecified atom stereocenters. The molecule has 1 amide bonds. The SMILES string of the molecule is COc1ccc(N=C(N)NC(=O)c2ccc(F)cc2)cc1. The van der Waals surface area contributed by atoms with Crippen molar-refractivity contribution < 1.29 is 13.9 Å². The van der Waals surface area contributed by atoms with Crippen LogP contribution in [0.25, 0.3) is 0 Å². The van der Waals surface area contributed by atoms with E-state index in [-0.39, 0.29) is 5.96 Å². The summed E-state index contributed by atoms with van der Waals surface area (Å²) < 4.78 is 17.8. The predicted molar refractivity (Wildman–Crippen MR) is 78.1 cm³/mol. The summed E-state index contributed by atoms with van der Waals surface area (Å²) in [5.74, 6) is -0.214. The molecule has 0 aliphatic rings. The summed E-state index contributed by atoms with van der Waals surface area (Å²) in [4.78, 5) is 15.9. The van der Waals surface area contributed by atoms with E-state index in [1.807, 2.05) is 0 Å². The van der Waals surface area contributed by atoms with Gasteiger partial charge in [0.1, 0.15) is 11.6 Å². The Morgan fingerprint density at radius 3 is 2.33 bits per heavy atom. The number of nitrogens with zero attached hydrogens (tertiary/aromatic N) is 1. The Labute approximate surface area is 121 Å². The Morgan fingerprint density at radius 2 is 1.76 bits per heavy atom. The monoisotopic (exact) mass is 287 g/mol. The number of halogens is 1. The predicted octanol–water partition coefficient (Wildman–Crippen LogP) is 2.21. The molecule has 0 fully saturated rings. The largest absolute Gasteiger partial charge is 0.497 e. The van der Waals surface area contributed by atoms with Crippen LogP contribution >= 0.6 is 0 Å². The molecule has 2 aromatic rings. The molecule has 6 heteroatoms. The van der Waals surface area contributed by atoms with Crippen molar-refractivity contribution in [3.8, 4) is 5.75 Å². The number of hydrogen-bond donors (Lipinski definition) is 2. The Hall–Kier alpha value is -2.89. The highest BCUT2D eigenvalue weighted by Gasteiger charge is 2.06. The fraction of sp³-hybridized carbons (Fsp3) is 0.0667. The second kappa shape index (κ2) is 6.51. The Kier molecular flexibility index (Phi) is 4.50. The molecule has 0 aromatic heterocycles. The lowest BCUT2D eigenvalue weighted by Crippen LogP contribution is -2.36. The zero-order valence-corrected chi connectivity index (χ0v) is 11.3. The number of carbonyl (C=O) groups is 1. The van der Waals surface area contributed by atoms with Gasteiger partial charge >= 0.3 is 0 Å². The van der Waals surface area contributed by atoms with Crippen molar-refractivity contribution in [1.29, 1.82) is 0 Å². The van der Waals surface area contributed by atoms with Crippen molar-refractivity contribution in [2.75, 3.05) is 7.11 Å². The zero-order chi connectivity index (χ0) is 15.2. The fourth-order valence-electron chi connectivity index (χ4n) is 1.61. The standard InChI is InChI=1S/C15H14FN3O2/c1-21-13-8-6-12(7-9-13)18-15(17)19-14(20)10-2-4-11(16)5-3-10/h2-9H,1H3,(H3,17,18,19,20). The van der Waals surface area contributed by atoms with E-state index in [0.717, 1.165) is 0 Å². The van der Waals surface area contributed by atoms with Gasteiger partial charge in [-0.25, -0.2) is 9.38 Å². The average molecular weight is 287 g/mol. The molecule has 0 spiro atoms. The van der Waals surface area contributed by atoms with E-state index >= 15 is 0 Å². The van der Waals surface area contributed by atoms with Crippen LogP contribution in [0.15, 0.2) is 53.5 Å². The normalized spacial score (nSPS) is 11.0. The molecule has 0 aliphatic heterocycles. The van der Waals surface area contributed by atoms with Crippen molar-refractivity contribution in [3.63, 3.8) is 0 Å². The van der Waals surface area contributed by atoms with E-state index < -0.39 is 11.7 Å². The van der Waals surface area contributed by atoms with Crippen LogP contribution < -0.4 is 15.8 Å². The van der Waals surface area contributed by atoms with E-state index in [4.69, 9.17) is 10.5 Å². The van der Waals surface area contributed by atoms with Gasteiger partial charge in [-0.3, -0.25) is 10.1 Å². The van der Waals surface area contributed by atoms with Crippen LogP contribution in [0.2, 0.25) is 0 Å². The molecule has 2 aromatic carbocycles. The van der Waals surface area contributed by atoms with Gasteiger partial charge in [-0.1, -0.05) is 0 Å². The molecule has 2 rings (SSSR count). The Balaban J connectivity index is 2.05. The van der Waals surface area contributed by atoms with E-state index in [1.54, 1.807) is 31.4 Å². The highest BCUT2D eigenvalue weighted by Crippen LogP contribution is 2.17. The van der Waals surface area contributed by atoms with Gasteiger partial charge in [-0.2, -0.15) is 0 Å². The third-order valence-electron chi connectivity index (χ3n) is 2.67. The number of aliphatic imine (C=N–C) groups is 1. The van der Waals surface area contributed by atoms with E-state index in [0.29, 0.717) is 17.0 Å². The molecule has 0 bridgehead atoms. The van der Waals surface area contributed by atoms with Crippen molar-refractivity contribution in [2.24, 2.45) is 10.7 Å². The molecular formula is C15H14FN3O2. The zero-order valence-electron chi connectivity index (χ0n) is 11.3. The Morgan fingerprint density at radius 1 is 1.14 bits per heavy atom. The number of carbonyl (C=O) groups excluding carboxylic acids is 1. The third kappa shape index (κ3) is 4.04. The molecule has 0 atom stereocenters. The van der Waals surface area contributed by atoms with Crippen LogP contribution in [0, 0.1) is 5.82 Å². The minimum atomic E-state index is -0.454. The fourth-order valence-corrected chi connectivity index (χ4v) is 1.61. The number of hydrogen-bond acceptors (Lipinski definition) is 3. The minimum absolute atomic E-state index is 0.0468. The van der Waals surface area contributed by atoms with Crippen LogP contribution in [-0.2, 0) is 0 Å². The minimum Gasteiger partial charge on any atom is -0.497 e. The van der Waals surface area contributed by atoms with Crippen molar-refractivity contribution in [1.82, 2.24) is 5.32 Å². The third-order valence-corrected chi connectivity index (χ3v) is 2.67. The molecule has 0 saturated carbocycles. The van der Waals surface area contributed by atoms with E-state index in [9.17, 15) is 9.18 Å². The molecular weight excluding hydrogens is 273 g/mol. The maximum atomic E-state index is 12.8. The maximum absolute atomic E-state index is 12.8. The first-order valence-corrected chi connectivity index (χ1v) is 6.13. The molecule has 0 heterocycles. The van der Waals surface area contributed by atoms with Gasteiger partial charge in [0.05, 0.1) is 12.8 Å². The summed E-state index contributed by atoms with van der Waals surface area (Å²) in [5, 5.41) is 2.43.